The van der Waals surface area contributed by atoms with Crippen molar-refractivity contribution in [2.75, 3.05) is 4.72 Å². The molecule has 0 bridgehead atoms. The van der Waals surface area contributed by atoms with E-state index in [0.29, 0.717) is 5.69 Å². The molecule has 0 radical (unpaired) electrons. The van der Waals surface area contributed by atoms with Gasteiger partial charge in [0.05, 0.1) is 0 Å². The summed E-state index contributed by atoms with van der Waals surface area (Å²) < 4.78 is 26.8. The number of hydrogen-bond donors (Lipinski definition) is 2. The molecule has 2 rings (SSSR count). The predicted octanol–water partition coefficient (Wildman–Crippen LogP) is 2.52. The first-order valence-corrected chi connectivity index (χ1v) is 8.30. The SMILES string of the molecule is CCCCc1ccc(NS(=O)(=O)c2ccc(=O)[nH]c2)cc1. The van der Waals surface area contributed by atoms with Crippen molar-refractivity contribution in [3.8, 4) is 0 Å². The van der Waals surface area contributed by atoms with Crippen LogP contribution in [0.2, 0.25) is 0 Å². The fourth-order valence-electron chi connectivity index (χ4n) is 1.90. The number of unbranched alkanes of at least 4 members (excludes halogenated alkanes) is 1. The second-order valence-corrected chi connectivity index (χ2v) is 6.48. The number of hydrogen-bond acceptors (Lipinski definition) is 3. The monoisotopic (exact) mass is 306 g/mol. The van der Waals surface area contributed by atoms with E-state index in [9.17, 15) is 13.2 Å². The van der Waals surface area contributed by atoms with Crippen molar-refractivity contribution in [1.29, 1.82) is 0 Å². The Balaban J connectivity index is 2.13. The third kappa shape index (κ3) is 4.19. The lowest BCUT2D eigenvalue weighted by Gasteiger charge is -2.08. The lowest BCUT2D eigenvalue weighted by molar-refractivity contribution is 0.600. The zero-order valence-corrected chi connectivity index (χ0v) is 12.6. The van der Waals surface area contributed by atoms with Crippen LogP contribution in [0, 0.1) is 0 Å². The molecule has 6 heteroatoms. The molecule has 1 aromatic heterocycles. The first kappa shape index (κ1) is 15.3. The predicted molar refractivity (Wildman–Crippen MR) is 82.9 cm³/mol. The number of sulfonamides is 1. The Bertz CT molecular complexity index is 729. The molecule has 1 aromatic carbocycles. The zero-order chi connectivity index (χ0) is 15.3. The number of anilines is 1. The molecule has 0 spiro atoms. The van der Waals surface area contributed by atoms with E-state index in [1.807, 2.05) is 12.1 Å². The smallest absolute Gasteiger partial charge is 0.263 e. The van der Waals surface area contributed by atoms with Crippen LogP contribution in [0.15, 0.2) is 52.3 Å². The van der Waals surface area contributed by atoms with Gasteiger partial charge in [-0.2, -0.15) is 0 Å². The molecule has 0 fully saturated rings. The van der Waals surface area contributed by atoms with Crippen LogP contribution in [-0.2, 0) is 16.4 Å². The molecule has 0 aliphatic rings. The van der Waals surface area contributed by atoms with Crippen molar-refractivity contribution in [2.24, 2.45) is 0 Å². The molecule has 0 aliphatic heterocycles. The number of aromatic amines is 1. The highest BCUT2D eigenvalue weighted by atomic mass is 32.2. The normalized spacial score (nSPS) is 11.3. The number of benzene rings is 1. The summed E-state index contributed by atoms with van der Waals surface area (Å²) in [5.74, 6) is 0. The maximum absolute atomic E-state index is 12.1. The number of rotatable bonds is 6. The summed E-state index contributed by atoms with van der Waals surface area (Å²) in [7, 11) is -3.68. The summed E-state index contributed by atoms with van der Waals surface area (Å²) in [5, 5.41) is 0. The van der Waals surface area contributed by atoms with Gasteiger partial charge >= 0.3 is 0 Å². The number of aromatic nitrogens is 1. The minimum absolute atomic E-state index is 0.0251. The Morgan fingerprint density at radius 2 is 1.81 bits per heavy atom. The van der Waals surface area contributed by atoms with Crippen molar-refractivity contribution in [2.45, 2.75) is 31.1 Å². The third-order valence-electron chi connectivity index (χ3n) is 3.09. The van der Waals surface area contributed by atoms with E-state index >= 15 is 0 Å². The molecule has 0 aliphatic carbocycles. The minimum atomic E-state index is -3.68. The summed E-state index contributed by atoms with van der Waals surface area (Å²) >= 11 is 0. The van der Waals surface area contributed by atoms with E-state index in [-0.39, 0.29) is 10.5 Å². The average molecular weight is 306 g/mol. The molecule has 1 heterocycles. The zero-order valence-electron chi connectivity index (χ0n) is 11.8. The van der Waals surface area contributed by atoms with Gasteiger partial charge in [0.2, 0.25) is 5.56 Å². The summed E-state index contributed by atoms with van der Waals surface area (Å²) in [5.41, 5.74) is 1.35. The standard InChI is InChI=1S/C15H18N2O3S/c1-2-3-4-12-5-7-13(8-6-12)17-21(19,20)14-9-10-15(18)16-11-14/h5-11,17H,2-4H2,1H3,(H,16,18). The Hall–Kier alpha value is -2.08. The number of H-pyrrole nitrogens is 1. The van der Waals surface area contributed by atoms with Gasteiger partial charge in [-0.15, -0.1) is 0 Å². The van der Waals surface area contributed by atoms with E-state index in [1.165, 1.54) is 23.9 Å². The van der Waals surface area contributed by atoms with Crippen LogP contribution in [0.3, 0.4) is 0 Å². The fraction of sp³-hybridized carbons (Fsp3) is 0.267. The highest BCUT2D eigenvalue weighted by Crippen LogP contribution is 2.16. The Morgan fingerprint density at radius 3 is 2.38 bits per heavy atom. The first-order chi connectivity index (χ1) is 10.0. The quantitative estimate of drug-likeness (QED) is 0.860. The highest BCUT2D eigenvalue weighted by molar-refractivity contribution is 7.92. The molecule has 21 heavy (non-hydrogen) atoms. The summed E-state index contributed by atoms with van der Waals surface area (Å²) in [6.07, 6.45) is 4.41. The summed E-state index contributed by atoms with van der Waals surface area (Å²) in [6, 6.07) is 9.78. The number of nitrogens with one attached hydrogen (secondary N) is 2. The van der Waals surface area contributed by atoms with Gasteiger partial charge in [-0.25, -0.2) is 8.42 Å². The van der Waals surface area contributed by atoms with Crippen LogP contribution < -0.4 is 10.3 Å². The van der Waals surface area contributed by atoms with Crippen LogP contribution >= 0.6 is 0 Å². The molecule has 0 amide bonds. The van der Waals surface area contributed by atoms with Crippen LogP contribution in [0.25, 0.3) is 0 Å². The van der Waals surface area contributed by atoms with Crippen molar-refractivity contribution >= 4 is 15.7 Å². The van der Waals surface area contributed by atoms with Crippen LogP contribution in [0.1, 0.15) is 25.3 Å². The lowest BCUT2D eigenvalue weighted by atomic mass is 10.1. The van der Waals surface area contributed by atoms with E-state index in [1.54, 1.807) is 12.1 Å². The van der Waals surface area contributed by atoms with E-state index in [4.69, 9.17) is 0 Å². The van der Waals surface area contributed by atoms with Gasteiger partial charge in [-0.1, -0.05) is 25.5 Å². The molecular weight excluding hydrogens is 288 g/mol. The Kier molecular flexibility index (Phi) is 4.80. The average Bonchev–Trinajstić information content (AvgIpc) is 2.47. The van der Waals surface area contributed by atoms with Gasteiger partial charge in [-0.05, 0) is 36.6 Å². The maximum atomic E-state index is 12.1. The van der Waals surface area contributed by atoms with Gasteiger partial charge < -0.3 is 4.98 Å². The molecule has 5 nitrogen and oxygen atoms in total. The van der Waals surface area contributed by atoms with Gasteiger partial charge in [-0.3, -0.25) is 9.52 Å². The first-order valence-electron chi connectivity index (χ1n) is 6.82. The molecule has 0 saturated carbocycles. The highest BCUT2D eigenvalue weighted by Gasteiger charge is 2.13. The molecule has 2 aromatic rings. The van der Waals surface area contributed by atoms with Gasteiger partial charge in [0.25, 0.3) is 10.0 Å². The third-order valence-corrected chi connectivity index (χ3v) is 4.47. The second kappa shape index (κ2) is 6.58. The summed E-state index contributed by atoms with van der Waals surface area (Å²) in [6.45, 7) is 2.13. The topological polar surface area (TPSA) is 79.0 Å². The number of pyridine rings is 1. The van der Waals surface area contributed by atoms with Crippen LogP contribution in [0.4, 0.5) is 5.69 Å². The largest absolute Gasteiger partial charge is 0.328 e. The summed E-state index contributed by atoms with van der Waals surface area (Å²) in [4.78, 5) is 13.3. The molecule has 0 saturated heterocycles. The van der Waals surface area contributed by atoms with E-state index in [2.05, 4.69) is 16.6 Å². The molecule has 112 valence electrons. The Morgan fingerprint density at radius 1 is 1.10 bits per heavy atom. The maximum Gasteiger partial charge on any atom is 0.263 e. The van der Waals surface area contributed by atoms with Gasteiger partial charge in [0.1, 0.15) is 4.90 Å². The Labute approximate surface area is 124 Å². The van der Waals surface area contributed by atoms with Crippen LogP contribution in [-0.4, -0.2) is 13.4 Å². The van der Waals surface area contributed by atoms with E-state index in [0.717, 1.165) is 19.3 Å². The molecule has 0 unspecified atom stereocenters. The van der Waals surface area contributed by atoms with Crippen molar-refractivity contribution in [1.82, 2.24) is 4.98 Å². The van der Waals surface area contributed by atoms with Crippen molar-refractivity contribution < 1.29 is 8.42 Å². The minimum Gasteiger partial charge on any atom is -0.328 e. The fourth-order valence-corrected chi connectivity index (χ4v) is 2.92. The number of aryl methyl sites for hydroxylation is 1. The van der Waals surface area contributed by atoms with Gasteiger partial charge in [0, 0.05) is 18.0 Å². The lowest BCUT2D eigenvalue weighted by Crippen LogP contribution is -2.15. The molecular formula is C15H18N2O3S. The van der Waals surface area contributed by atoms with E-state index < -0.39 is 10.0 Å². The molecule has 2 N–H and O–H groups in total. The second-order valence-electron chi connectivity index (χ2n) is 4.79. The molecule has 0 atom stereocenters. The van der Waals surface area contributed by atoms with Crippen LogP contribution in [0.5, 0.6) is 0 Å². The van der Waals surface area contributed by atoms with Gasteiger partial charge in [0.15, 0.2) is 0 Å². The van der Waals surface area contributed by atoms with Crippen molar-refractivity contribution in [3.05, 3.63) is 58.5 Å². The van der Waals surface area contributed by atoms with Crippen molar-refractivity contribution in [3.63, 3.8) is 0 Å².